The molecule has 0 radical (unpaired) electrons. The number of aliphatic hydroxyl groups is 1. The smallest absolute Gasteiger partial charge is 0.291 e. The fourth-order valence-corrected chi connectivity index (χ4v) is 6.00. The van der Waals surface area contributed by atoms with E-state index in [9.17, 15) is 9.90 Å². The number of ether oxygens (including phenoxy) is 3. The minimum atomic E-state index is -0.862. The molecule has 4 heterocycles. The van der Waals surface area contributed by atoms with Crippen LogP contribution < -0.4 is 20.1 Å². The zero-order valence-corrected chi connectivity index (χ0v) is 26.4. The van der Waals surface area contributed by atoms with Crippen molar-refractivity contribution in [2.75, 3.05) is 51.5 Å². The maximum absolute atomic E-state index is 13.2. The summed E-state index contributed by atoms with van der Waals surface area (Å²) in [7, 11) is 4.93. The van der Waals surface area contributed by atoms with Crippen molar-refractivity contribution < 1.29 is 28.5 Å². The third-order valence-corrected chi connectivity index (χ3v) is 8.49. The Bertz CT molecular complexity index is 1480. The maximum atomic E-state index is 13.2. The molecule has 0 atom stereocenters. The Morgan fingerprint density at radius 3 is 2.23 bits per heavy atom. The highest BCUT2D eigenvalue weighted by atomic mass is 16.5. The van der Waals surface area contributed by atoms with Crippen LogP contribution in [0.1, 0.15) is 79.1 Å². The van der Waals surface area contributed by atoms with Gasteiger partial charge in [-0.2, -0.15) is 9.97 Å². The van der Waals surface area contributed by atoms with Crippen LogP contribution in [-0.2, 0) is 22.4 Å². The van der Waals surface area contributed by atoms with Gasteiger partial charge in [-0.3, -0.25) is 4.79 Å². The van der Waals surface area contributed by atoms with Gasteiger partial charge in [0.25, 0.3) is 5.91 Å². The number of fused-ring (bicyclic) bond motifs is 1. The normalized spacial score (nSPS) is 18.6. The lowest BCUT2D eigenvalue weighted by atomic mass is 9.86. The summed E-state index contributed by atoms with van der Waals surface area (Å²) in [4.78, 5) is 24.2. The molecule has 2 aliphatic rings. The van der Waals surface area contributed by atoms with Crippen molar-refractivity contribution in [2.24, 2.45) is 0 Å². The van der Waals surface area contributed by atoms with Crippen LogP contribution in [-0.4, -0.2) is 72.4 Å². The lowest BCUT2D eigenvalue weighted by Gasteiger charge is -2.36. The highest BCUT2D eigenvalue weighted by Crippen LogP contribution is 2.47. The monoisotopic (exact) mass is 593 g/mol. The first-order valence-corrected chi connectivity index (χ1v) is 14.6. The molecule has 11 heteroatoms. The average molecular weight is 594 g/mol. The molecule has 11 nitrogen and oxygen atoms in total. The molecule has 1 aromatic carbocycles. The summed E-state index contributed by atoms with van der Waals surface area (Å²) >= 11 is 0. The molecule has 2 aromatic heterocycles. The van der Waals surface area contributed by atoms with Gasteiger partial charge in [-0.15, -0.1) is 0 Å². The molecule has 0 spiro atoms. The second-order valence-electron chi connectivity index (χ2n) is 12.7. The number of hydrogen-bond acceptors (Lipinski definition) is 10. The van der Waals surface area contributed by atoms with Crippen molar-refractivity contribution in [2.45, 2.75) is 70.7 Å². The van der Waals surface area contributed by atoms with Crippen LogP contribution in [0.25, 0.3) is 0 Å². The van der Waals surface area contributed by atoms with Crippen molar-refractivity contribution in [3.8, 4) is 11.8 Å². The van der Waals surface area contributed by atoms with Gasteiger partial charge in [0.1, 0.15) is 5.76 Å². The summed E-state index contributed by atoms with van der Waals surface area (Å²) in [6.07, 6.45) is 1.81. The third-order valence-electron chi connectivity index (χ3n) is 8.49. The molecule has 232 valence electrons. The fraction of sp³-hybridized carbons (Fsp3) is 0.531. The zero-order valence-electron chi connectivity index (χ0n) is 26.4. The van der Waals surface area contributed by atoms with E-state index >= 15 is 0 Å². The molecular weight excluding hydrogens is 550 g/mol. The topological polar surface area (TPSA) is 131 Å². The van der Waals surface area contributed by atoms with E-state index in [1.54, 1.807) is 12.1 Å². The molecular formula is C32H43N5O6. The number of amides is 1. The summed E-state index contributed by atoms with van der Waals surface area (Å²) < 4.78 is 23.2. The highest BCUT2D eigenvalue weighted by Gasteiger charge is 2.43. The number of furan rings is 1. The zero-order chi connectivity index (χ0) is 31.2. The Kier molecular flexibility index (Phi) is 8.19. The van der Waals surface area contributed by atoms with Crippen molar-refractivity contribution in [3.63, 3.8) is 0 Å². The van der Waals surface area contributed by atoms with Gasteiger partial charge in [0, 0.05) is 26.1 Å². The Morgan fingerprint density at radius 1 is 1.02 bits per heavy atom. The molecule has 3 N–H and O–H groups in total. The van der Waals surface area contributed by atoms with Gasteiger partial charge in [0.15, 0.2) is 11.4 Å². The first kappa shape index (κ1) is 30.8. The van der Waals surface area contributed by atoms with Crippen molar-refractivity contribution in [1.82, 2.24) is 14.9 Å². The first-order valence-electron chi connectivity index (χ1n) is 14.6. The quantitative estimate of drug-likeness (QED) is 0.323. The second kappa shape index (κ2) is 11.4. The largest absolute Gasteiger partial charge is 0.479 e. The van der Waals surface area contributed by atoms with Crippen LogP contribution in [0.2, 0.25) is 0 Å². The van der Waals surface area contributed by atoms with E-state index in [1.165, 1.54) is 25.3 Å². The van der Waals surface area contributed by atoms with Crippen LogP contribution >= 0.6 is 0 Å². The van der Waals surface area contributed by atoms with E-state index in [2.05, 4.69) is 72.3 Å². The summed E-state index contributed by atoms with van der Waals surface area (Å²) in [6, 6.07) is 7.83. The average Bonchev–Trinajstić information content (AvgIpc) is 3.49. The van der Waals surface area contributed by atoms with E-state index in [0.717, 1.165) is 24.2 Å². The van der Waals surface area contributed by atoms with Gasteiger partial charge in [0.2, 0.25) is 17.7 Å². The Morgan fingerprint density at radius 2 is 1.63 bits per heavy atom. The lowest BCUT2D eigenvalue weighted by Crippen LogP contribution is -2.47. The predicted octanol–water partition coefficient (Wildman–Crippen LogP) is 4.61. The molecule has 0 aliphatic carbocycles. The standard InChI is InChI=1S/C32H43N5O6/c1-19-15-22-23(31(4,5)43-30(22,2)3)17-20(19)16-21-9-10-24(42-21)26(38)34-25-27(40-7)35-29(36-28(25)41-8)33-18-32(39)11-13-37(6)14-12-32/h9-10,15,17,39H,11-14,16,18H2,1-8H3,(H,34,38)(H,33,35,36). The van der Waals surface area contributed by atoms with E-state index in [1.807, 2.05) is 7.05 Å². The summed E-state index contributed by atoms with van der Waals surface area (Å²) in [5, 5.41) is 16.8. The van der Waals surface area contributed by atoms with Crippen LogP contribution in [0.15, 0.2) is 28.7 Å². The van der Waals surface area contributed by atoms with E-state index in [-0.39, 0.29) is 41.3 Å². The number of benzene rings is 1. The van der Waals surface area contributed by atoms with Crippen molar-refractivity contribution in [1.29, 1.82) is 0 Å². The van der Waals surface area contributed by atoms with Crippen LogP contribution in [0.3, 0.4) is 0 Å². The van der Waals surface area contributed by atoms with E-state index in [4.69, 9.17) is 18.6 Å². The number of carbonyl (C=O) groups is 1. The lowest BCUT2D eigenvalue weighted by molar-refractivity contribution is -0.105. The second-order valence-corrected chi connectivity index (χ2v) is 12.7. The van der Waals surface area contributed by atoms with Gasteiger partial charge >= 0.3 is 0 Å². The minimum Gasteiger partial charge on any atom is -0.479 e. The van der Waals surface area contributed by atoms with Crippen molar-refractivity contribution in [3.05, 3.63) is 58.0 Å². The van der Waals surface area contributed by atoms with Crippen LogP contribution in [0.4, 0.5) is 11.6 Å². The number of methoxy groups -OCH3 is 2. The number of anilines is 2. The minimum absolute atomic E-state index is 0.117. The fourth-order valence-electron chi connectivity index (χ4n) is 6.00. The summed E-state index contributed by atoms with van der Waals surface area (Å²) in [5.74, 6) is 0.758. The van der Waals surface area contributed by atoms with Gasteiger partial charge in [-0.1, -0.05) is 12.1 Å². The number of piperidine rings is 1. The third kappa shape index (κ3) is 6.34. The Labute approximate surface area is 252 Å². The molecule has 43 heavy (non-hydrogen) atoms. The number of rotatable bonds is 9. The highest BCUT2D eigenvalue weighted by molar-refractivity contribution is 6.03. The van der Waals surface area contributed by atoms with Gasteiger partial charge < -0.3 is 39.3 Å². The molecule has 0 bridgehead atoms. The van der Waals surface area contributed by atoms with Crippen molar-refractivity contribution >= 4 is 17.5 Å². The van der Waals surface area contributed by atoms with Gasteiger partial charge in [-0.05, 0) is 88.9 Å². The van der Waals surface area contributed by atoms with Crippen LogP contribution in [0, 0.1) is 6.92 Å². The molecule has 1 saturated heterocycles. The number of aromatic nitrogens is 2. The molecule has 0 unspecified atom stereocenters. The maximum Gasteiger partial charge on any atom is 0.291 e. The molecule has 3 aromatic rings. The van der Waals surface area contributed by atoms with E-state index < -0.39 is 17.1 Å². The van der Waals surface area contributed by atoms with Gasteiger partial charge in [-0.25, -0.2) is 0 Å². The molecule has 1 fully saturated rings. The molecule has 5 rings (SSSR count). The van der Waals surface area contributed by atoms with E-state index in [0.29, 0.717) is 25.0 Å². The Balaban J connectivity index is 1.30. The molecule has 0 saturated carbocycles. The number of nitrogens with zero attached hydrogens (tertiary/aromatic N) is 3. The molecule has 1 amide bonds. The number of nitrogens with one attached hydrogen (secondary N) is 2. The first-order chi connectivity index (χ1) is 20.2. The summed E-state index contributed by atoms with van der Waals surface area (Å²) in [6.45, 7) is 12.3. The number of carbonyl (C=O) groups excluding carboxylic acids is 1. The molecule has 2 aliphatic heterocycles. The number of aryl methyl sites for hydroxylation is 1. The number of likely N-dealkylation sites (tertiary alicyclic amines) is 1. The Hall–Kier alpha value is -3.67. The number of hydrogen-bond donors (Lipinski definition) is 3. The van der Waals surface area contributed by atoms with Gasteiger partial charge in [0.05, 0.1) is 31.0 Å². The van der Waals surface area contributed by atoms with Crippen LogP contribution in [0.5, 0.6) is 11.8 Å². The predicted molar refractivity (Wildman–Crippen MR) is 163 cm³/mol. The summed E-state index contributed by atoms with van der Waals surface area (Å²) in [5.41, 5.74) is 3.18. The SMILES string of the molecule is COc1nc(NCC2(O)CCN(C)CC2)nc(OC)c1NC(=O)c1ccc(Cc2cc3c(cc2C)C(C)(C)OC3(C)C)o1.